The van der Waals surface area contributed by atoms with E-state index >= 15 is 0 Å². The number of rotatable bonds is 9. The number of unbranched alkanes of at least 4 members (excludes halogenated alkanes) is 3. The van der Waals surface area contributed by atoms with E-state index in [1.165, 1.54) is 23.1 Å². The fourth-order valence-corrected chi connectivity index (χ4v) is 4.73. The Balaban J connectivity index is 1.84. The van der Waals surface area contributed by atoms with Gasteiger partial charge in [0.25, 0.3) is 5.56 Å². The quantitative estimate of drug-likeness (QED) is 0.286. The van der Waals surface area contributed by atoms with Crippen LogP contribution < -0.4 is 10.9 Å². The number of carbonyl (C=O) groups excluding carboxylic acids is 1. The van der Waals surface area contributed by atoms with Gasteiger partial charge in [-0.3, -0.25) is 14.2 Å². The first-order valence-corrected chi connectivity index (χ1v) is 11.8. The summed E-state index contributed by atoms with van der Waals surface area (Å²) < 4.78 is 1.69. The Hall–Kier alpha value is -2.63. The van der Waals surface area contributed by atoms with Crippen LogP contribution in [0.15, 0.2) is 45.7 Å². The minimum Gasteiger partial charge on any atom is -0.316 e. The SMILES string of the molecule is CCCCCCn1c(SC(C)C(=O)Nc2sccc2C#N)nc2ccccc2c1=O. The molecule has 3 aromatic rings. The van der Waals surface area contributed by atoms with Crippen LogP contribution in [0.4, 0.5) is 5.00 Å². The van der Waals surface area contributed by atoms with Crippen molar-refractivity contribution in [3.8, 4) is 6.07 Å². The second kappa shape index (κ2) is 10.4. The summed E-state index contributed by atoms with van der Waals surface area (Å²) in [6.07, 6.45) is 4.18. The molecule has 0 saturated carbocycles. The van der Waals surface area contributed by atoms with Crippen LogP contribution in [0.25, 0.3) is 10.9 Å². The van der Waals surface area contributed by atoms with Crippen molar-refractivity contribution in [2.45, 2.75) is 56.5 Å². The molecule has 0 spiro atoms. The van der Waals surface area contributed by atoms with E-state index in [1.54, 1.807) is 29.0 Å². The Bertz CT molecular complexity index is 1130. The molecule has 3 rings (SSSR count). The maximum atomic E-state index is 13.1. The fraction of sp³-hybridized carbons (Fsp3) is 0.364. The number of nitrogens with zero attached hydrogens (tertiary/aromatic N) is 3. The smallest absolute Gasteiger partial charge is 0.262 e. The van der Waals surface area contributed by atoms with Gasteiger partial charge in [-0.15, -0.1) is 11.3 Å². The van der Waals surface area contributed by atoms with Gasteiger partial charge in [0.2, 0.25) is 5.91 Å². The van der Waals surface area contributed by atoms with Gasteiger partial charge in [0.05, 0.1) is 21.7 Å². The minimum atomic E-state index is -0.478. The molecule has 1 atom stereocenters. The highest BCUT2D eigenvalue weighted by Gasteiger charge is 2.20. The number of amides is 1. The largest absolute Gasteiger partial charge is 0.316 e. The summed E-state index contributed by atoms with van der Waals surface area (Å²) in [6, 6.07) is 11.0. The average molecular weight is 441 g/mol. The average Bonchev–Trinajstić information content (AvgIpc) is 3.20. The summed E-state index contributed by atoms with van der Waals surface area (Å²) in [5.41, 5.74) is 1.01. The van der Waals surface area contributed by atoms with Gasteiger partial charge >= 0.3 is 0 Å². The van der Waals surface area contributed by atoms with Crippen molar-refractivity contribution in [3.05, 3.63) is 51.6 Å². The Morgan fingerprint density at radius 1 is 1.30 bits per heavy atom. The zero-order valence-electron chi connectivity index (χ0n) is 17.1. The Labute approximate surface area is 183 Å². The van der Waals surface area contributed by atoms with Crippen molar-refractivity contribution in [2.75, 3.05) is 5.32 Å². The van der Waals surface area contributed by atoms with Gasteiger partial charge in [-0.2, -0.15) is 5.26 Å². The topological polar surface area (TPSA) is 87.8 Å². The highest BCUT2D eigenvalue weighted by atomic mass is 32.2. The molecule has 0 fully saturated rings. The van der Waals surface area contributed by atoms with Crippen LogP contribution in [0, 0.1) is 11.3 Å². The molecule has 0 saturated heterocycles. The normalized spacial score (nSPS) is 11.9. The third-order valence-corrected chi connectivity index (χ3v) is 6.66. The molecule has 8 heteroatoms. The minimum absolute atomic E-state index is 0.0720. The second-order valence-corrected chi connectivity index (χ2v) is 9.18. The van der Waals surface area contributed by atoms with Crippen LogP contribution in [0.2, 0.25) is 0 Å². The van der Waals surface area contributed by atoms with Crippen molar-refractivity contribution in [1.29, 1.82) is 5.26 Å². The standard InChI is InChI=1S/C22H24N4O2S2/c1-3-4-5-8-12-26-21(28)17-9-6-7-10-18(17)24-22(26)30-15(2)19(27)25-20-16(14-23)11-13-29-20/h6-7,9-11,13,15H,3-5,8,12H2,1-2H3,(H,25,27). The molecule has 6 nitrogen and oxygen atoms in total. The predicted molar refractivity (Wildman–Crippen MR) is 123 cm³/mol. The van der Waals surface area contributed by atoms with Gasteiger partial charge in [-0.1, -0.05) is 50.1 Å². The lowest BCUT2D eigenvalue weighted by atomic mass is 10.2. The second-order valence-electron chi connectivity index (χ2n) is 6.95. The van der Waals surface area contributed by atoms with Crippen molar-refractivity contribution in [1.82, 2.24) is 9.55 Å². The van der Waals surface area contributed by atoms with Crippen LogP contribution in [0.1, 0.15) is 45.1 Å². The van der Waals surface area contributed by atoms with Gasteiger partial charge in [-0.05, 0) is 36.9 Å². The van der Waals surface area contributed by atoms with Gasteiger partial charge in [0.1, 0.15) is 11.1 Å². The number of fused-ring (bicyclic) bond motifs is 1. The lowest BCUT2D eigenvalue weighted by Gasteiger charge is -2.16. The monoisotopic (exact) mass is 440 g/mol. The lowest BCUT2D eigenvalue weighted by molar-refractivity contribution is -0.115. The summed E-state index contributed by atoms with van der Waals surface area (Å²) in [5, 5.41) is 14.9. The molecule has 0 aliphatic heterocycles. The first kappa shape index (κ1) is 22.1. The van der Waals surface area contributed by atoms with Gasteiger partial charge < -0.3 is 5.32 Å². The maximum absolute atomic E-state index is 13.1. The number of benzene rings is 1. The first-order chi connectivity index (χ1) is 14.5. The zero-order chi connectivity index (χ0) is 21.5. The van der Waals surface area contributed by atoms with Crippen LogP contribution in [-0.4, -0.2) is 20.7 Å². The molecule has 0 radical (unpaired) electrons. The first-order valence-electron chi connectivity index (χ1n) is 9.99. The Morgan fingerprint density at radius 3 is 2.87 bits per heavy atom. The number of thiophene rings is 1. The molecule has 0 bridgehead atoms. The number of hydrogen-bond donors (Lipinski definition) is 1. The van der Waals surface area contributed by atoms with E-state index in [2.05, 4.69) is 23.3 Å². The van der Waals surface area contributed by atoms with Crippen molar-refractivity contribution < 1.29 is 4.79 Å². The number of para-hydroxylation sites is 1. The third-order valence-electron chi connectivity index (χ3n) is 4.74. The van der Waals surface area contributed by atoms with Crippen LogP contribution in [-0.2, 0) is 11.3 Å². The van der Waals surface area contributed by atoms with E-state index in [4.69, 9.17) is 5.26 Å². The third kappa shape index (κ3) is 5.10. The molecule has 2 heterocycles. The molecule has 0 aliphatic carbocycles. The summed E-state index contributed by atoms with van der Waals surface area (Å²) in [5.74, 6) is -0.223. The number of anilines is 1. The number of thioether (sulfide) groups is 1. The van der Waals surface area contributed by atoms with Crippen LogP contribution >= 0.6 is 23.1 Å². The number of carbonyl (C=O) groups is 1. The van der Waals surface area contributed by atoms with Crippen LogP contribution in [0.3, 0.4) is 0 Å². The van der Waals surface area contributed by atoms with E-state index in [0.717, 1.165) is 25.7 Å². The molecule has 30 heavy (non-hydrogen) atoms. The molecule has 1 aromatic carbocycles. The van der Waals surface area contributed by atoms with Gasteiger partial charge in [-0.25, -0.2) is 4.98 Å². The zero-order valence-corrected chi connectivity index (χ0v) is 18.7. The van der Waals surface area contributed by atoms with E-state index < -0.39 is 5.25 Å². The molecule has 1 N–H and O–H groups in total. The summed E-state index contributed by atoms with van der Waals surface area (Å²) in [4.78, 5) is 30.5. The summed E-state index contributed by atoms with van der Waals surface area (Å²) in [7, 11) is 0. The number of aromatic nitrogens is 2. The fourth-order valence-electron chi connectivity index (χ4n) is 3.05. The molecule has 156 valence electrons. The Kier molecular flexibility index (Phi) is 7.66. The highest BCUT2D eigenvalue weighted by molar-refractivity contribution is 8.00. The maximum Gasteiger partial charge on any atom is 0.262 e. The number of nitriles is 1. The van der Waals surface area contributed by atoms with E-state index in [9.17, 15) is 9.59 Å². The molecule has 1 unspecified atom stereocenters. The summed E-state index contributed by atoms with van der Waals surface area (Å²) in [6.45, 7) is 4.51. The Morgan fingerprint density at radius 2 is 2.10 bits per heavy atom. The molecule has 0 aliphatic rings. The molecule has 2 aromatic heterocycles. The van der Waals surface area contributed by atoms with Crippen molar-refractivity contribution in [3.63, 3.8) is 0 Å². The van der Waals surface area contributed by atoms with Crippen molar-refractivity contribution in [2.24, 2.45) is 0 Å². The number of hydrogen-bond acceptors (Lipinski definition) is 6. The molecular formula is C22H24N4O2S2. The van der Waals surface area contributed by atoms with Gasteiger partial charge in [0.15, 0.2) is 5.16 Å². The van der Waals surface area contributed by atoms with Crippen LogP contribution in [0.5, 0.6) is 0 Å². The van der Waals surface area contributed by atoms with Gasteiger partial charge in [0, 0.05) is 6.54 Å². The molecular weight excluding hydrogens is 416 g/mol. The number of nitrogens with one attached hydrogen (secondary N) is 1. The predicted octanol–water partition coefficient (Wildman–Crippen LogP) is 5.03. The lowest BCUT2D eigenvalue weighted by Crippen LogP contribution is -2.27. The van der Waals surface area contributed by atoms with E-state index in [0.29, 0.717) is 33.2 Å². The molecule has 1 amide bonds. The highest BCUT2D eigenvalue weighted by Crippen LogP contribution is 2.27. The summed E-state index contributed by atoms with van der Waals surface area (Å²) >= 11 is 2.58. The van der Waals surface area contributed by atoms with E-state index in [1.807, 2.05) is 18.2 Å². The van der Waals surface area contributed by atoms with Crippen molar-refractivity contribution >= 4 is 44.9 Å². The van der Waals surface area contributed by atoms with E-state index in [-0.39, 0.29) is 11.5 Å².